The Balaban J connectivity index is 0.00000180. The lowest BCUT2D eigenvalue weighted by molar-refractivity contribution is 0.0779. The van der Waals surface area contributed by atoms with E-state index in [9.17, 15) is 0 Å². The van der Waals surface area contributed by atoms with Crippen LogP contribution in [0.15, 0.2) is 4.99 Å². The van der Waals surface area contributed by atoms with Crippen molar-refractivity contribution in [1.29, 1.82) is 0 Å². The summed E-state index contributed by atoms with van der Waals surface area (Å²) in [5, 5.41) is 3.26. The van der Waals surface area contributed by atoms with Crippen molar-refractivity contribution in [2.24, 2.45) is 22.1 Å². The van der Waals surface area contributed by atoms with E-state index in [1.54, 1.807) is 7.11 Å². The van der Waals surface area contributed by atoms with Gasteiger partial charge >= 0.3 is 0 Å². The number of nitrogens with one attached hydrogen (secondary N) is 1. The molecule has 0 bridgehead atoms. The van der Waals surface area contributed by atoms with Gasteiger partial charge in [0.1, 0.15) is 0 Å². The number of guanidine groups is 1. The van der Waals surface area contributed by atoms with Gasteiger partial charge in [0.2, 0.25) is 0 Å². The van der Waals surface area contributed by atoms with Gasteiger partial charge in [0, 0.05) is 26.8 Å². The Morgan fingerprint density at radius 3 is 2.58 bits per heavy atom. The molecule has 112 valence electrons. The fraction of sp³-hybridized carbons (Fsp3) is 0.929. The molecule has 2 aliphatic rings. The molecule has 0 aromatic carbocycles. The summed E-state index contributed by atoms with van der Waals surface area (Å²) in [7, 11) is 1.77. The number of nitrogens with zero attached hydrogens (tertiary/aromatic N) is 1. The van der Waals surface area contributed by atoms with Crippen LogP contribution < -0.4 is 11.1 Å². The van der Waals surface area contributed by atoms with Crippen molar-refractivity contribution in [1.82, 2.24) is 5.32 Å². The van der Waals surface area contributed by atoms with E-state index in [-0.39, 0.29) is 24.0 Å². The van der Waals surface area contributed by atoms with Gasteiger partial charge in [-0.2, -0.15) is 0 Å². The standard InChI is InChI=1S/C14H27N3O.HI/c1-18-9-8-14(6-3-7-14)11-17-13(15)16-10-12-4-2-5-12;/h12H,2-11H2,1H3,(H3,15,16,17);1H. The molecule has 0 unspecified atom stereocenters. The van der Waals surface area contributed by atoms with Crippen LogP contribution in [0.3, 0.4) is 0 Å². The van der Waals surface area contributed by atoms with E-state index < -0.39 is 0 Å². The summed E-state index contributed by atoms with van der Waals surface area (Å²) in [5.41, 5.74) is 6.30. The highest BCUT2D eigenvalue weighted by Crippen LogP contribution is 2.44. The number of rotatable bonds is 7. The summed E-state index contributed by atoms with van der Waals surface area (Å²) in [5.74, 6) is 1.45. The van der Waals surface area contributed by atoms with Crippen molar-refractivity contribution in [3.63, 3.8) is 0 Å². The first-order valence-electron chi connectivity index (χ1n) is 7.27. The minimum Gasteiger partial charge on any atom is -0.385 e. The van der Waals surface area contributed by atoms with Crippen LogP contribution in [0.25, 0.3) is 0 Å². The van der Waals surface area contributed by atoms with Gasteiger partial charge in [-0.1, -0.05) is 12.8 Å². The number of methoxy groups -OCH3 is 1. The van der Waals surface area contributed by atoms with Crippen LogP contribution in [0.2, 0.25) is 0 Å². The fourth-order valence-corrected chi connectivity index (χ4v) is 2.74. The third-order valence-corrected chi connectivity index (χ3v) is 4.63. The lowest BCUT2D eigenvalue weighted by atomic mass is 9.67. The molecule has 0 atom stereocenters. The zero-order chi connectivity index (χ0) is 12.8. The van der Waals surface area contributed by atoms with Gasteiger partial charge in [0.25, 0.3) is 0 Å². The lowest BCUT2D eigenvalue weighted by Gasteiger charge is -2.40. The van der Waals surface area contributed by atoms with E-state index >= 15 is 0 Å². The molecule has 2 fully saturated rings. The molecule has 0 aliphatic heterocycles. The summed E-state index contributed by atoms with van der Waals surface area (Å²) in [6, 6.07) is 0. The topological polar surface area (TPSA) is 59.6 Å². The van der Waals surface area contributed by atoms with E-state index in [1.165, 1.54) is 38.5 Å². The van der Waals surface area contributed by atoms with Crippen LogP contribution in [0.4, 0.5) is 0 Å². The molecule has 0 amide bonds. The molecule has 0 saturated heterocycles. The molecule has 5 heteroatoms. The van der Waals surface area contributed by atoms with Crippen LogP contribution in [0.5, 0.6) is 0 Å². The van der Waals surface area contributed by atoms with Crippen molar-refractivity contribution >= 4 is 29.9 Å². The fourth-order valence-electron chi connectivity index (χ4n) is 2.74. The first-order chi connectivity index (χ1) is 8.74. The predicted octanol–water partition coefficient (Wildman–Crippen LogP) is 2.52. The van der Waals surface area contributed by atoms with Gasteiger partial charge in [-0.25, -0.2) is 0 Å². The predicted molar refractivity (Wildman–Crippen MR) is 90.0 cm³/mol. The maximum atomic E-state index is 5.92. The van der Waals surface area contributed by atoms with Crippen LogP contribution in [-0.4, -0.2) is 32.8 Å². The van der Waals surface area contributed by atoms with Crippen LogP contribution in [0.1, 0.15) is 44.9 Å². The molecule has 0 heterocycles. The van der Waals surface area contributed by atoms with Crippen molar-refractivity contribution in [3.8, 4) is 0 Å². The summed E-state index contributed by atoms with van der Waals surface area (Å²) in [4.78, 5) is 4.53. The molecular weight excluding hydrogens is 353 g/mol. The number of halogens is 1. The van der Waals surface area contributed by atoms with Gasteiger partial charge in [0.15, 0.2) is 5.96 Å². The number of hydrogen-bond donors (Lipinski definition) is 2. The Morgan fingerprint density at radius 2 is 2.11 bits per heavy atom. The summed E-state index contributed by atoms with van der Waals surface area (Å²) in [6.07, 6.45) is 9.06. The second-order valence-corrected chi connectivity index (χ2v) is 5.98. The number of ether oxygens (including phenoxy) is 1. The molecule has 19 heavy (non-hydrogen) atoms. The number of hydrogen-bond acceptors (Lipinski definition) is 2. The van der Waals surface area contributed by atoms with Crippen molar-refractivity contribution in [2.75, 3.05) is 26.8 Å². The SMILES string of the molecule is COCCC1(CN=C(N)NCC2CCC2)CCC1.I. The van der Waals surface area contributed by atoms with Gasteiger partial charge in [-0.15, -0.1) is 24.0 Å². The Hall–Kier alpha value is -0.0400. The largest absolute Gasteiger partial charge is 0.385 e. The van der Waals surface area contributed by atoms with E-state index in [1.807, 2.05) is 0 Å². The monoisotopic (exact) mass is 381 g/mol. The maximum Gasteiger partial charge on any atom is 0.188 e. The lowest BCUT2D eigenvalue weighted by Crippen LogP contribution is -2.39. The molecule has 3 N–H and O–H groups in total. The van der Waals surface area contributed by atoms with E-state index in [0.29, 0.717) is 11.4 Å². The highest BCUT2D eigenvalue weighted by Gasteiger charge is 2.36. The third-order valence-electron chi connectivity index (χ3n) is 4.63. The van der Waals surface area contributed by atoms with Crippen molar-refractivity contribution in [3.05, 3.63) is 0 Å². The summed E-state index contributed by atoms with van der Waals surface area (Å²) < 4.78 is 5.19. The Morgan fingerprint density at radius 1 is 1.37 bits per heavy atom. The first kappa shape index (κ1) is 17.0. The van der Waals surface area contributed by atoms with Gasteiger partial charge in [0.05, 0.1) is 0 Å². The first-order valence-corrected chi connectivity index (χ1v) is 7.27. The number of aliphatic imine (C=N–C) groups is 1. The molecule has 4 nitrogen and oxygen atoms in total. The molecule has 2 aliphatic carbocycles. The van der Waals surface area contributed by atoms with E-state index in [0.717, 1.165) is 32.0 Å². The zero-order valence-corrected chi connectivity index (χ0v) is 14.3. The molecule has 0 radical (unpaired) electrons. The van der Waals surface area contributed by atoms with Crippen molar-refractivity contribution in [2.45, 2.75) is 44.9 Å². The highest BCUT2D eigenvalue weighted by molar-refractivity contribution is 14.0. The van der Waals surface area contributed by atoms with Crippen LogP contribution in [0, 0.1) is 11.3 Å². The molecule has 0 aromatic rings. The Labute approximate surface area is 134 Å². The molecular formula is C14H28IN3O. The average molecular weight is 381 g/mol. The van der Waals surface area contributed by atoms with Crippen LogP contribution >= 0.6 is 24.0 Å². The normalized spacial score (nSPS) is 22.1. The van der Waals surface area contributed by atoms with Gasteiger partial charge in [-0.3, -0.25) is 4.99 Å². The average Bonchev–Trinajstić information content (AvgIpc) is 2.25. The van der Waals surface area contributed by atoms with Gasteiger partial charge < -0.3 is 15.8 Å². The zero-order valence-electron chi connectivity index (χ0n) is 12.0. The minimum absolute atomic E-state index is 0. The van der Waals surface area contributed by atoms with Gasteiger partial charge in [-0.05, 0) is 43.4 Å². The maximum absolute atomic E-state index is 5.92. The van der Waals surface area contributed by atoms with E-state index in [4.69, 9.17) is 10.5 Å². The Kier molecular flexibility index (Phi) is 7.42. The Bertz CT molecular complexity index is 288. The quantitative estimate of drug-likeness (QED) is 0.405. The number of nitrogens with two attached hydrogens (primary N) is 1. The highest BCUT2D eigenvalue weighted by atomic mass is 127. The second kappa shape index (κ2) is 8.29. The minimum atomic E-state index is 0. The van der Waals surface area contributed by atoms with E-state index in [2.05, 4.69) is 10.3 Å². The second-order valence-electron chi connectivity index (χ2n) is 5.98. The van der Waals surface area contributed by atoms with Crippen LogP contribution in [-0.2, 0) is 4.74 Å². The molecule has 0 aromatic heterocycles. The molecule has 0 spiro atoms. The third kappa shape index (κ3) is 5.10. The summed E-state index contributed by atoms with van der Waals surface area (Å²) >= 11 is 0. The molecule has 2 rings (SSSR count). The smallest absolute Gasteiger partial charge is 0.188 e. The molecule has 2 saturated carbocycles. The summed E-state index contributed by atoms with van der Waals surface area (Å²) in [6.45, 7) is 2.70. The van der Waals surface area contributed by atoms with Crippen molar-refractivity contribution < 1.29 is 4.74 Å².